The van der Waals surface area contributed by atoms with E-state index in [0.717, 1.165) is 60.5 Å². The number of fused-ring (bicyclic) bond motifs is 1. The molecule has 176 valence electrons. The Balaban J connectivity index is 0.00000166. The van der Waals surface area contributed by atoms with Crippen molar-refractivity contribution in [1.29, 1.82) is 0 Å². The summed E-state index contributed by atoms with van der Waals surface area (Å²) in [6.07, 6.45) is 15.8. The fourth-order valence-electron chi connectivity index (χ4n) is 6.10. The SMILES string of the molecule is C=C1CC/C(=C/C=C2\CCCC3C2CCC3C(C)CCCC(C)(C)O)C(=C)C1O.CC. The first-order valence-electron chi connectivity index (χ1n) is 12.8. The topological polar surface area (TPSA) is 40.5 Å². The van der Waals surface area contributed by atoms with Gasteiger partial charge in [0, 0.05) is 0 Å². The molecule has 3 rings (SSSR count). The summed E-state index contributed by atoms with van der Waals surface area (Å²) in [7, 11) is 0. The maximum atomic E-state index is 10.2. The van der Waals surface area contributed by atoms with Crippen LogP contribution in [0.2, 0.25) is 0 Å². The van der Waals surface area contributed by atoms with E-state index >= 15 is 0 Å². The van der Waals surface area contributed by atoms with Crippen LogP contribution in [0, 0.1) is 23.7 Å². The van der Waals surface area contributed by atoms with E-state index in [-0.39, 0.29) is 0 Å². The standard InChI is InChI=1S/C27H42O2.C2H6/c1-18(8-7-17-27(4,5)29)23-15-16-24-22(9-6-10-25(23)24)14-13-21-12-11-19(2)26(28)20(21)3;1-2/h13-14,18,23-26,28-29H,2-3,6-12,15-17H2,1,4-5H3;1-2H3/b21-13-,22-14+;. The third-order valence-corrected chi connectivity index (χ3v) is 7.88. The van der Waals surface area contributed by atoms with Crippen LogP contribution >= 0.6 is 0 Å². The van der Waals surface area contributed by atoms with Crippen LogP contribution in [0.25, 0.3) is 0 Å². The van der Waals surface area contributed by atoms with Gasteiger partial charge in [0.25, 0.3) is 0 Å². The van der Waals surface area contributed by atoms with Gasteiger partial charge >= 0.3 is 0 Å². The highest BCUT2D eigenvalue weighted by atomic mass is 16.3. The second kappa shape index (κ2) is 11.7. The molecule has 0 saturated heterocycles. The fourth-order valence-corrected chi connectivity index (χ4v) is 6.10. The number of aliphatic hydroxyl groups excluding tert-OH is 1. The minimum absolute atomic E-state index is 0.532. The molecule has 2 nitrogen and oxygen atoms in total. The van der Waals surface area contributed by atoms with Gasteiger partial charge in [-0.05, 0) is 106 Å². The van der Waals surface area contributed by atoms with Crippen molar-refractivity contribution in [2.24, 2.45) is 23.7 Å². The first-order valence-corrected chi connectivity index (χ1v) is 12.8. The molecule has 31 heavy (non-hydrogen) atoms. The average Bonchev–Trinajstić information content (AvgIpc) is 3.17. The zero-order valence-electron chi connectivity index (χ0n) is 20.9. The third kappa shape index (κ3) is 6.93. The van der Waals surface area contributed by atoms with Crippen molar-refractivity contribution in [2.45, 2.75) is 111 Å². The molecule has 0 heterocycles. The Morgan fingerprint density at radius 1 is 1.06 bits per heavy atom. The van der Waals surface area contributed by atoms with E-state index in [1.54, 1.807) is 5.57 Å². The molecule has 0 amide bonds. The molecule has 3 saturated carbocycles. The van der Waals surface area contributed by atoms with Crippen molar-refractivity contribution < 1.29 is 10.2 Å². The fraction of sp³-hybridized carbons (Fsp3) is 0.724. The van der Waals surface area contributed by atoms with Crippen LogP contribution in [-0.4, -0.2) is 21.9 Å². The van der Waals surface area contributed by atoms with Crippen LogP contribution in [0.1, 0.15) is 98.8 Å². The molecule has 2 heteroatoms. The van der Waals surface area contributed by atoms with E-state index in [2.05, 4.69) is 32.2 Å². The first kappa shape index (κ1) is 26.1. The van der Waals surface area contributed by atoms with Crippen LogP contribution in [0.4, 0.5) is 0 Å². The maximum absolute atomic E-state index is 10.2. The summed E-state index contributed by atoms with van der Waals surface area (Å²) in [5.41, 5.74) is 4.04. The molecular formula is C29H48O2. The minimum atomic E-state index is -0.562. The van der Waals surface area contributed by atoms with Gasteiger partial charge in [-0.15, -0.1) is 0 Å². The van der Waals surface area contributed by atoms with Crippen molar-refractivity contribution in [2.75, 3.05) is 0 Å². The van der Waals surface area contributed by atoms with Gasteiger partial charge in [-0.25, -0.2) is 0 Å². The zero-order valence-corrected chi connectivity index (χ0v) is 20.9. The Hall–Kier alpha value is -1.12. The molecular weight excluding hydrogens is 380 g/mol. The lowest BCUT2D eigenvalue weighted by atomic mass is 9.71. The molecule has 0 aromatic carbocycles. The average molecular weight is 429 g/mol. The quantitative estimate of drug-likeness (QED) is 0.429. The van der Waals surface area contributed by atoms with E-state index in [0.29, 0.717) is 0 Å². The Morgan fingerprint density at radius 2 is 1.77 bits per heavy atom. The Kier molecular flexibility index (Phi) is 9.83. The summed E-state index contributed by atoms with van der Waals surface area (Å²) in [5, 5.41) is 20.2. The van der Waals surface area contributed by atoms with E-state index < -0.39 is 11.7 Å². The summed E-state index contributed by atoms with van der Waals surface area (Å²) in [6, 6.07) is 0. The van der Waals surface area contributed by atoms with Gasteiger partial charge in [0.2, 0.25) is 0 Å². The van der Waals surface area contributed by atoms with E-state index in [1.165, 1.54) is 44.1 Å². The van der Waals surface area contributed by atoms with Gasteiger partial charge in [-0.1, -0.05) is 64.5 Å². The molecule has 3 fully saturated rings. The highest BCUT2D eigenvalue weighted by molar-refractivity contribution is 5.43. The molecule has 5 unspecified atom stereocenters. The van der Waals surface area contributed by atoms with Gasteiger partial charge in [-0.2, -0.15) is 0 Å². The molecule has 0 radical (unpaired) electrons. The molecule has 0 aromatic rings. The molecule has 0 spiro atoms. The van der Waals surface area contributed by atoms with Crippen molar-refractivity contribution >= 4 is 0 Å². The normalized spacial score (nSPS) is 32.6. The molecule has 2 N–H and O–H groups in total. The zero-order chi connectivity index (χ0) is 23.2. The van der Waals surface area contributed by atoms with Crippen LogP contribution in [-0.2, 0) is 0 Å². The molecule has 0 aromatic heterocycles. The van der Waals surface area contributed by atoms with Gasteiger partial charge < -0.3 is 10.2 Å². The Bertz CT molecular complexity index is 675. The number of allylic oxidation sites excluding steroid dienone is 3. The first-order chi connectivity index (χ1) is 14.7. The largest absolute Gasteiger partial charge is 0.390 e. The van der Waals surface area contributed by atoms with Gasteiger partial charge in [0.1, 0.15) is 0 Å². The maximum Gasteiger partial charge on any atom is 0.0995 e. The number of rotatable bonds is 6. The second-order valence-electron chi connectivity index (χ2n) is 10.6. The monoisotopic (exact) mass is 428 g/mol. The molecule has 0 bridgehead atoms. The van der Waals surface area contributed by atoms with Gasteiger partial charge in [-0.3, -0.25) is 0 Å². The lowest BCUT2D eigenvalue weighted by molar-refractivity contribution is 0.0652. The van der Waals surface area contributed by atoms with Crippen LogP contribution in [0.3, 0.4) is 0 Å². The summed E-state index contributed by atoms with van der Waals surface area (Å²) in [5.74, 6) is 3.18. The van der Waals surface area contributed by atoms with Crippen molar-refractivity contribution in [1.82, 2.24) is 0 Å². The van der Waals surface area contributed by atoms with E-state index in [1.807, 2.05) is 27.7 Å². The minimum Gasteiger partial charge on any atom is -0.390 e. The predicted octanol–water partition coefficient (Wildman–Crippen LogP) is 7.54. The van der Waals surface area contributed by atoms with Crippen molar-refractivity contribution in [3.8, 4) is 0 Å². The van der Waals surface area contributed by atoms with Crippen LogP contribution in [0.5, 0.6) is 0 Å². The highest BCUT2D eigenvalue weighted by Crippen LogP contribution is 2.51. The number of aliphatic hydroxyl groups is 2. The highest BCUT2D eigenvalue weighted by Gasteiger charge is 2.41. The second-order valence-corrected chi connectivity index (χ2v) is 10.6. The van der Waals surface area contributed by atoms with Gasteiger partial charge in [0.05, 0.1) is 11.7 Å². The summed E-state index contributed by atoms with van der Waals surface area (Å²) in [6.45, 7) is 18.4. The Labute approximate surface area is 192 Å². The molecule has 5 atom stereocenters. The predicted molar refractivity (Wildman–Crippen MR) is 134 cm³/mol. The van der Waals surface area contributed by atoms with Crippen LogP contribution < -0.4 is 0 Å². The number of hydrogen-bond acceptors (Lipinski definition) is 2. The third-order valence-electron chi connectivity index (χ3n) is 7.88. The van der Waals surface area contributed by atoms with Gasteiger partial charge in [0.15, 0.2) is 0 Å². The smallest absolute Gasteiger partial charge is 0.0995 e. The van der Waals surface area contributed by atoms with Crippen molar-refractivity contribution in [3.05, 3.63) is 47.6 Å². The van der Waals surface area contributed by atoms with E-state index in [9.17, 15) is 10.2 Å². The molecule has 3 aliphatic rings. The summed E-state index contributed by atoms with van der Waals surface area (Å²) in [4.78, 5) is 0. The number of hydrogen-bond donors (Lipinski definition) is 2. The summed E-state index contributed by atoms with van der Waals surface area (Å²) >= 11 is 0. The van der Waals surface area contributed by atoms with Crippen molar-refractivity contribution in [3.63, 3.8) is 0 Å². The van der Waals surface area contributed by atoms with E-state index in [4.69, 9.17) is 0 Å². The lowest BCUT2D eigenvalue weighted by Gasteiger charge is -2.34. The molecule has 0 aliphatic heterocycles. The lowest BCUT2D eigenvalue weighted by Crippen LogP contribution is -2.25. The molecule has 3 aliphatic carbocycles. The Morgan fingerprint density at radius 3 is 2.45 bits per heavy atom. The van der Waals surface area contributed by atoms with Crippen LogP contribution in [0.15, 0.2) is 47.6 Å². The summed E-state index contributed by atoms with van der Waals surface area (Å²) < 4.78 is 0.